The molecular formula is C7H15N3S. The number of hydrogen-bond donors (Lipinski definition) is 2. The van der Waals surface area contributed by atoms with Crippen LogP contribution in [0.4, 0.5) is 0 Å². The lowest BCUT2D eigenvalue weighted by Crippen LogP contribution is -2.30. The van der Waals surface area contributed by atoms with Crippen LogP contribution in [0, 0.1) is 5.92 Å². The monoisotopic (exact) mass is 173 g/mol. The highest BCUT2D eigenvalue weighted by molar-refractivity contribution is 8.00. The Kier molecular flexibility index (Phi) is 3.23. The fourth-order valence-corrected chi connectivity index (χ4v) is 2.10. The first kappa shape index (κ1) is 8.90. The van der Waals surface area contributed by atoms with E-state index in [9.17, 15) is 0 Å². The Hall–Kier alpha value is -0.190. The Morgan fingerprint density at radius 1 is 1.64 bits per heavy atom. The van der Waals surface area contributed by atoms with Gasteiger partial charge in [0.25, 0.3) is 0 Å². The van der Waals surface area contributed by atoms with Gasteiger partial charge in [-0.3, -0.25) is 0 Å². The summed E-state index contributed by atoms with van der Waals surface area (Å²) in [6.07, 6.45) is 4.36. The molecule has 0 bridgehead atoms. The number of hydrogen-bond acceptors (Lipinski definition) is 4. The molecule has 0 aromatic rings. The van der Waals surface area contributed by atoms with Crippen molar-refractivity contribution in [2.75, 3.05) is 0 Å². The van der Waals surface area contributed by atoms with Crippen LogP contribution >= 0.6 is 11.9 Å². The third kappa shape index (κ3) is 2.12. The lowest BCUT2D eigenvalue weighted by atomic mass is 10.0. The molecule has 1 heterocycles. The molecule has 1 aliphatic rings. The molecule has 1 rings (SSSR count). The van der Waals surface area contributed by atoms with E-state index >= 15 is 0 Å². The van der Waals surface area contributed by atoms with Crippen LogP contribution in [-0.4, -0.2) is 4.52 Å². The van der Waals surface area contributed by atoms with Gasteiger partial charge in [-0.05, 0) is 30.7 Å². The maximum Gasteiger partial charge on any atom is 0.0263 e. The summed E-state index contributed by atoms with van der Waals surface area (Å²) in [5.74, 6) is 6.17. The molecule has 0 aromatic carbocycles. The predicted octanol–water partition coefficient (Wildman–Crippen LogP) is 1.61. The largest absolute Gasteiger partial charge is 0.302 e. The van der Waals surface area contributed by atoms with Crippen LogP contribution in [0.1, 0.15) is 26.7 Å². The normalized spacial score (nSPS) is 18.7. The summed E-state index contributed by atoms with van der Waals surface area (Å²) >= 11 is 1.58. The SMILES string of the molecule is CCC(CC)C1=CNN(N)S1. The van der Waals surface area contributed by atoms with Crippen molar-refractivity contribution in [2.24, 2.45) is 11.8 Å². The summed E-state index contributed by atoms with van der Waals surface area (Å²) in [4.78, 5) is 1.34. The molecule has 0 aliphatic carbocycles. The summed E-state index contributed by atoms with van der Waals surface area (Å²) in [5, 5.41) is 0. The van der Waals surface area contributed by atoms with Crippen LogP contribution in [0.15, 0.2) is 11.1 Å². The molecule has 0 aromatic heterocycles. The fraction of sp³-hybridized carbons (Fsp3) is 0.714. The molecule has 11 heavy (non-hydrogen) atoms. The molecule has 4 heteroatoms. The highest BCUT2D eigenvalue weighted by Gasteiger charge is 2.17. The van der Waals surface area contributed by atoms with Crippen molar-refractivity contribution >= 4 is 11.9 Å². The average molecular weight is 173 g/mol. The minimum absolute atomic E-state index is 0.668. The maximum absolute atomic E-state index is 5.51. The molecule has 1 aliphatic heterocycles. The summed E-state index contributed by atoms with van der Waals surface area (Å²) in [6, 6.07) is 0. The molecule has 0 saturated carbocycles. The number of rotatable bonds is 3. The van der Waals surface area contributed by atoms with E-state index in [1.54, 1.807) is 11.9 Å². The number of nitrogens with two attached hydrogens (primary N) is 1. The van der Waals surface area contributed by atoms with E-state index in [2.05, 4.69) is 19.3 Å². The molecular weight excluding hydrogens is 158 g/mol. The maximum atomic E-state index is 5.51. The van der Waals surface area contributed by atoms with Crippen molar-refractivity contribution in [1.82, 2.24) is 9.95 Å². The van der Waals surface area contributed by atoms with E-state index in [0.29, 0.717) is 5.92 Å². The van der Waals surface area contributed by atoms with Crippen molar-refractivity contribution in [3.63, 3.8) is 0 Å². The van der Waals surface area contributed by atoms with E-state index in [-0.39, 0.29) is 0 Å². The Balaban J connectivity index is 2.46. The minimum atomic E-state index is 0.668. The summed E-state index contributed by atoms with van der Waals surface area (Å²) in [5.41, 5.74) is 2.93. The second kappa shape index (κ2) is 3.99. The Labute approximate surface area is 72.1 Å². The molecule has 0 amide bonds. The summed E-state index contributed by atoms with van der Waals surface area (Å²) < 4.78 is 1.54. The van der Waals surface area contributed by atoms with Crippen LogP contribution in [0.3, 0.4) is 0 Å². The zero-order valence-corrected chi connectivity index (χ0v) is 7.82. The van der Waals surface area contributed by atoms with Gasteiger partial charge >= 0.3 is 0 Å². The average Bonchev–Trinajstić information content (AvgIpc) is 2.39. The van der Waals surface area contributed by atoms with E-state index < -0.39 is 0 Å². The Morgan fingerprint density at radius 2 is 2.27 bits per heavy atom. The van der Waals surface area contributed by atoms with Crippen molar-refractivity contribution < 1.29 is 0 Å². The van der Waals surface area contributed by atoms with E-state index in [4.69, 9.17) is 5.84 Å². The van der Waals surface area contributed by atoms with Gasteiger partial charge in [0.05, 0.1) is 0 Å². The van der Waals surface area contributed by atoms with Crippen LogP contribution < -0.4 is 11.3 Å². The van der Waals surface area contributed by atoms with E-state index in [0.717, 1.165) is 0 Å². The van der Waals surface area contributed by atoms with Gasteiger partial charge in [-0.2, -0.15) is 0 Å². The van der Waals surface area contributed by atoms with Crippen LogP contribution in [-0.2, 0) is 0 Å². The lowest BCUT2D eigenvalue weighted by molar-refractivity contribution is 0.440. The molecule has 0 atom stereocenters. The van der Waals surface area contributed by atoms with Crippen molar-refractivity contribution in [2.45, 2.75) is 26.7 Å². The number of allylic oxidation sites excluding steroid dienone is 1. The van der Waals surface area contributed by atoms with Crippen molar-refractivity contribution in [3.8, 4) is 0 Å². The highest BCUT2D eigenvalue weighted by atomic mass is 32.2. The lowest BCUT2D eigenvalue weighted by Gasteiger charge is -2.12. The Morgan fingerprint density at radius 3 is 2.64 bits per heavy atom. The first-order valence-electron chi connectivity index (χ1n) is 3.97. The first-order chi connectivity index (χ1) is 5.27. The quantitative estimate of drug-likeness (QED) is 0.502. The third-order valence-corrected chi connectivity index (χ3v) is 2.89. The fourth-order valence-electron chi connectivity index (χ4n) is 1.18. The smallest absolute Gasteiger partial charge is 0.0263 e. The van der Waals surface area contributed by atoms with Gasteiger partial charge in [0, 0.05) is 11.1 Å². The second-order valence-electron chi connectivity index (χ2n) is 2.61. The molecule has 0 unspecified atom stereocenters. The minimum Gasteiger partial charge on any atom is -0.302 e. The van der Waals surface area contributed by atoms with Crippen LogP contribution in [0.5, 0.6) is 0 Å². The molecule has 0 saturated heterocycles. The molecule has 0 spiro atoms. The highest BCUT2D eigenvalue weighted by Crippen LogP contribution is 2.32. The number of hydrazine groups is 2. The zero-order chi connectivity index (χ0) is 8.27. The Bertz CT molecular complexity index is 154. The van der Waals surface area contributed by atoms with Gasteiger partial charge < -0.3 is 5.43 Å². The third-order valence-electron chi connectivity index (χ3n) is 1.93. The summed E-state index contributed by atoms with van der Waals surface area (Å²) in [7, 11) is 0. The van der Waals surface area contributed by atoms with E-state index in [1.807, 2.05) is 6.20 Å². The number of nitrogens with one attached hydrogen (secondary N) is 1. The second-order valence-corrected chi connectivity index (χ2v) is 3.65. The summed E-state index contributed by atoms with van der Waals surface area (Å²) in [6.45, 7) is 4.41. The topological polar surface area (TPSA) is 41.3 Å². The molecule has 3 N–H and O–H groups in total. The predicted molar refractivity (Wildman–Crippen MR) is 48.9 cm³/mol. The van der Waals surface area contributed by atoms with Gasteiger partial charge in [-0.1, -0.05) is 18.4 Å². The molecule has 64 valence electrons. The van der Waals surface area contributed by atoms with Crippen LogP contribution in [0.2, 0.25) is 0 Å². The molecule has 0 fully saturated rings. The van der Waals surface area contributed by atoms with Crippen LogP contribution in [0.25, 0.3) is 0 Å². The van der Waals surface area contributed by atoms with Gasteiger partial charge in [0.1, 0.15) is 0 Å². The van der Waals surface area contributed by atoms with Gasteiger partial charge in [-0.15, -0.1) is 0 Å². The van der Waals surface area contributed by atoms with Gasteiger partial charge in [0.15, 0.2) is 0 Å². The van der Waals surface area contributed by atoms with Gasteiger partial charge in [-0.25, -0.2) is 5.84 Å². The number of nitrogens with zero attached hydrogens (tertiary/aromatic N) is 1. The van der Waals surface area contributed by atoms with E-state index in [1.165, 1.54) is 22.3 Å². The molecule has 0 radical (unpaired) electrons. The van der Waals surface area contributed by atoms with Crippen molar-refractivity contribution in [3.05, 3.63) is 11.1 Å². The molecule has 3 nitrogen and oxygen atoms in total. The first-order valence-corrected chi connectivity index (χ1v) is 4.74. The standard InChI is InChI=1S/C7H15N3S/c1-3-6(4-2)7-5-9-10(8)11-7/h5-6,9H,3-4,8H2,1-2H3. The van der Waals surface area contributed by atoms with Gasteiger partial charge in [0.2, 0.25) is 0 Å². The van der Waals surface area contributed by atoms with Crippen molar-refractivity contribution in [1.29, 1.82) is 0 Å². The zero-order valence-electron chi connectivity index (χ0n) is 7.00.